The lowest BCUT2D eigenvalue weighted by molar-refractivity contribution is -0.275. The Labute approximate surface area is 88.2 Å². The average Bonchev–Trinajstić information content (AvgIpc) is 2.18. The molecule has 0 aliphatic rings. The summed E-state index contributed by atoms with van der Waals surface area (Å²) in [6.45, 7) is 0. The molecule has 86 valence electrons. The van der Waals surface area contributed by atoms with Crippen LogP contribution in [0.3, 0.4) is 0 Å². The van der Waals surface area contributed by atoms with Gasteiger partial charge in [0.1, 0.15) is 6.07 Å². The van der Waals surface area contributed by atoms with Crippen LogP contribution in [0.25, 0.3) is 0 Å². The number of rotatable bonds is 2. The number of hydrogen-bond donors (Lipinski definition) is 1. The Morgan fingerprint density at radius 1 is 1.50 bits per heavy atom. The van der Waals surface area contributed by atoms with Gasteiger partial charge in [0.15, 0.2) is 11.4 Å². The zero-order chi connectivity index (χ0) is 12.3. The minimum Gasteiger partial charge on any atom is -0.494 e. The quantitative estimate of drug-likeness (QED) is 0.835. The molecule has 0 saturated heterocycles. The van der Waals surface area contributed by atoms with Crippen molar-refractivity contribution in [1.29, 1.82) is 5.26 Å². The number of hydrogen-bond acceptors (Lipinski definition) is 5. The van der Waals surface area contributed by atoms with E-state index < -0.39 is 12.2 Å². The van der Waals surface area contributed by atoms with Crippen LogP contribution in [-0.4, -0.2) is 18.5 Å². The van der Waals surface area contributed by atoms with Gasteiger partial charge in [-0.25, -0.2) is 0 Å². The third kappa shape index (κ3) is 2.66. The Morgan fingerprint density at radius 2 is 2.12 bits per heavy atom. The molecule has 2 N–H and O–H groups in total. The molecule has 16 heavy (non-hydrogen) atoms. The minimum atomic E-state index is -4.91. The largest absolute Gasteiger partial charge is 0.574 e. The summed E-state index contributed by atoms with van der Waals surface area (Å²) in [5.74, 6) is -0.889. The zero-order valence-electron chi connectivity index (χ0n) is 8.00. The van der Waals surface area contributed by atoms with Crippen LogP contribution < -0.4 is 15.2 Å². The van der Waals surface area contributed by atoms with Gasteiger partial charge in [-0.3, -0.25) is 0 Å². The van der Waals surface area contributed by atoms with Crippen molar-refractivity contribution in [3.05, 3.63) is 11.8 Å². The van der Waals surface area contributed by atoms with Crippen molar-refractivity contribution in [2.45, 2.75) is 6.36 Å². The van der Waals surface area contributed by atoms with Gasteiger partial charge in [0.25, 0.3) is 0 Å². The van der Waals surface area contributed by atoms with Crippen LogP contribution in [0.15, 0.2) is 6.07 Å². The average molecular weight is 233 g/mol. The fraction of sp³-hybridized carbons (Fsp3) is 0.250. The molecule has 0 aliphatic carbocycles. The number of nitrogens with zero attached hydrogens (tertiary/aromatic N) is 2. The van der Waals surface area contributed by atoms with Crippen LogP contribution in [0.1, 0.15) is 5.69 Å². The second-order valence-electron chi connectivity index (χ2n) is 2.59. The lowest BCUT2D eigenvalue weighted by Gasteiger charge is -2.11. The molecular weight excluding hydrogens is 227 g/mol. The van der Waals surface area contributed by atoms with E-state index in [2.05, 4.69) is 9.72 Å². The van der Waals surface area contributed by atoms with E-state index in [-0.39, 0.29) is 17.1 Å². The summed E-state index contributed by atoms with van der Waals surface area (Å²) in [5.41, 5.74) is 4.55. The smallest absolute Gasteiger partial charge is 0.494 e. The normalized spacial score (nSPS) is 10.7. The molecule has 0 bridgehead atoms. The first kappa shape index (κ1) is 11.9. The highest BCUT2D eigenvalue weighted by molar-refractivity contribution is 5.56. The number of ether oxygens (including phenoxy) is 2. The number of aromatic nitrogens is 1. The highest BCUT2D eigenvalue weighted by Crippen LogP contribution is 2.30. The molecule has 1 rings (SSSR count). The van der Waals surface area contributed by atoms with E-state index in [1.165, 1.54) is 7.11 Å². The maximum absolute atomic E-state index is 11.9. The van der Waals surface area contributed by atoms with Crippen LogP contribution in [-0.2, 0) is 0 Å². The van der Waals surface area contributed by atoms with Crippen molar-refractivity contribution in [2.75, 3.05) is 12.8 Å². The molecule has 1 heterocycles. The topological polar surface area (TPSA) is 81.2 Å². The molecule has 0 amide bonds. The predicted octanol–water partition coefficient (Wildman–Crippen LogP) is 1.44. The van der Waals surface area contributed by atoms with Gasteiger partial charge in [0.05, 0.1) is 12.8 Å². The summed E-state index contributed by atoms with van der Waals surface area (Å²) in [7, 11) is 1.24. The molecule has 0 atom stereocenters. The number of nitrogen functional groups attached to an aromatic ring is 1. The molecule has 8 heteroatoms. The van der Waals surface area contributed by atoms with E-state index in [1.54, 1.807) is 6.07 Å². The van der Waals surface area contributed by atoms with E-state index in [1.807, 2.05) is 0 Å². The summed E-state index contributed by atoms with van der Waals surface area (Å²) >= 11 is 0. The van der Waals surface area contributed by atoms with E-state index in [0.29, 0.717) is 0 Å². The van der Waals surface area contributed by atoms with Crippen molar-refractivity contribution < 1.29 is 22.6 Å². The number of nitrogens with two attached hydrogens (primary N) is 1. The maximum atomic E-state index is 11.9. The Hall–Kier alpha value is -2.17. The van der Waals surface area contributed by atoms with Crippen LogP contribution in [0.5, 0.6) is 11.6 Å². The molecule has 0 saturated carbocycles. The van der Waals surface area contributed by atoms with Gasteiger partial charge in [0, 0.05) is 6.07 Å². The van der Waals surface area contributed by atoms with Gasteiger partial charge >= 0.3 is 6.36 Å². The first-order valence-corrected chi connectivity index (χ1v) is 3.87. The molecule has 0 spiro atoms. The molecule has 1 aromatic rings. The molecule has 1 aromatic heterocycles. The van der Waals surface area contributed by atoms with Crippen LogP contribution in [0.2, 0.25) is 0 Å². The Morgan fingerprint density at radius 3 is 2.56 bits per heavy atom. The van der Waals surface area contributed by atoms with Gasteiger partial charge in [0.2, 0.25) is 5.88 Å². The van der Waals surface area contributed by atoms with Gasteiger partial charge in [-0.15, -0.1) is 13.2 Å². The van der Waals surface area contributed by atoms with E-state index in [9.17, 15) is 13.2 Å². The Kier molecular flexibility index (Phi) is 3.08. The number of halogens is 3. The number of pyridine rings is 1. The number of anilines is 1. The number of nitriles is 1. The molecule has 0 radical (unpaired) electrons. The number of methoxy groups -OCH3 is 1. The summed E-state index contributed by atoms with van der Waals surface area (Å²) in [6, 6.07) is 2.60. The second kappa shape index (κ2) is 4.14. The van der Waals surface area contributed by atoms with Crippen molar-refractivity contribution in [2.24, 2.45) is 0 Å². The monoisotopic (exact) mass is 233 g/mol. The molecule has 0 aliphatic heterocycles. The third-order valence-electron chi connectivity index (χ3n) is 1.52. The minimum absolute atomic E-state index is 0.0190. The zero-order valence-corrected chi connectivity index (χ0v) is 8.00. The van der Waals surface area contributed by atoms with E-state index >= 15 is 0 Å². The summed E-state index contributed by atoms with van der Waals surface area (Å²) in [6.07, 6.45) is -4.91. The van der Waals surface area contributed by atoms with Crippen molar-refractivity contribution in [3.63, 3.8) is 0 Å². The molecule has 0 unspecified atom stereocenters. The second-order valence-corrected chi connectivity index (χ2v) is 2.59. The Bertz CT molecular complexity index is 439. The van der Waals surface area contributed by atoms with E-state index in [4.69, 9.17) is 15.7 Å². The molecular formula is C8H6F3N3O2. The van der Waals surface area contributed by atoms with Crippen molar-refractivity contribution in [3.8, 4) is 17.7 Å². The third-order valence-corrected chi connectivity index (χ3v) is 1.52. The lowest BCUT2D eigenvalue weighted by Crippen LogP contribution is -2.19. The van der Waals surface area contributed by atoms with Crippen molar-refractivity contribution >= 4 is 5.69 Å². The predicted molar refractivity (Wildman–Crippen MR) is 46.6 cm³/mol. The maximum Gasteiger partial charge on any atom is 0.574 e. The van der Waals surface area contributed by atoms with Gasteiger partial charge in [-0.05, 0) is 0 Å². The fourth-order valence-corrected chi connectivity index (χ4v) is 0.920. The number of alkyl halides is 3. The molecule has 0 fully saturated rings. The van der Waals surface area contributed by atoms with Crippen LogP contribution in [0.4, 0.5) is 18.9 Å². The van der Waals surface area contributed by atoms with Crippen LogP contribution in [0, 0.1) is 11.3 Å². The lowest BCUT2D eigenvalue weighted by atomic mass is 10.3. The SMILES string of the molecule is COc1cc(N)c(OC(F)(F)F)nc1C#N. The summed E-state index contributed by atoms with van der Waals surface area (Å²) < 4.78 is 44.0. The first-order valence-electron chi connectivity index (χ1n) is 3.87. The highest BCUT2D eigenvalue weighted by atomic mass is 19.4. The van der Waals surface area contributed by atoms with Crippen LogP contribution >= 0.6 is 0 Å². The molecule has 0 aromatic carbocycles. The first-order chi connectivity index (χ1) is 7.37. The summed E-state index contributed by atoms with van der Waals surface area (Å²) in [5, 5.41) is 8.59. The Balaban J connectivity index is 3.18. The van der Waals surface area contributed by atoms with Gasteiger partial charge < -0.3 is 15.2 Å². The van der Waals surface area contributed by atoms with E-state index in [0.717, 1.165) is 6.07 Å². The molecule has 5 nitrogen and oxygen atoms in total. The summed E-state index contributed by atoms with van der Waals surface area (Å²) in [4.78, 5) is 3.29. The highest BCUT2D eigenvalue weighted by Gasteiger charge is 2.33. The standard InChI is InChI=1S/C8H6F3N3O2/c1-15-6-2-4(13)7(14-5(6)3-12)16-8(9,10)11/h2H,13H2,1H3. The van der Waals surface area contributed by atoms with Gasteiger partial charge in [-0.1, -0.05) is 0 Å². The fourth-order valence-electron chi connectivity index (χ4n) is 0.920. The van der Waals surface area contributed by atoms with Gasteiger partial charge in [-0.2, -0.15) is 10.2 Å². The van der Waals surface area contributed by atoms with Crippen molar-refractivity contribution in [1.82, 2.24) is 4.98 Å².